The molecule has 34 valence electrons. The van der Waals surface area contributed by atoms with Crippen molar-refractivity contribution in [1.82, 2.24) is 0 Å². The number of hydrogen-bond donors (Lipinski definition) is 0. The van der Waals surface area contributed by atoms with Crippen molar-refractivity contribution in [2.45, 2.75) is 0 Å². The third-order valence-electron chi connectivity index (χ3n) is 0. The molecule has 5 heavy (non-hydrogen) atoms. The average molecular weight is 277 g/mol. The fourth-order valence-corrected chi connectivity index (χ4v) is 0. The van der Waals surface area contributed by atoms with E-state index in [2.05, 4.69) is 0 Å². The molecule has 0 aliphatic rings. The molecule has 0 amide bonds. The molecule has 0 aromatic rings. The monoisotopic (exact) mass is 278 g/mol. The zero-order valence-electron chi connectivity index (χ0n) is 2.27. The Labute approximate surface area is 139 Å². The SMILES string of the molecule is O.[Ar].[He].[Kr].[Xe]. The van der Waals surface area contributed by atoms with Crippen molar-refractivity contribution < 1.29 is 144 Å². The van der Waals surface area contributed by atoms with Crippen molar-refractivity contribution in [3.05, 3.63) is 0 Å². The standard InChI is InChI=1S/Ar.He.Kr.H2O.Xe/h;;;1H2;. The Bertz CT molecular complexity index is 11.6. The molecule has 0 aliphatic heterocycles. The normalized spacial score (nSPS) is 0. The van der Waals surface area contributed by atoms with E-state index in [4.69, 9.17) is 0 Å². The Kier molecular flexibility index (Phi) is 170. The first-order valence-electron chi connectivity index (χ1n) is 0. The molecule has 0 fully saturated rings. The molecular weight excluding hydrogens is 275 g/mol. The van der Waals surface area contributed by atoms with Gasteiger partial charge in [-0.05, 0) is 0 Å². The number of rotatable bonds is 0. The summed E-state index contributed by atoms with van der Waals surface area (Å²) in [4.78, 5) is 0. The molecule has 0 heterocycles. The van der Waals surface area contributed by atoms with Gasteiger partial charge in [-0.2, -0.15) is 0 Å². The van der Waals surface area contributed by atoms with Gasteiger partial charge in [0.1, 0.15) is 0 Å². The molecule has 0 saturated carbocycles. The molecule has 0 atom stereocenters. The quantitative estimate of drug-likeness (QED) is 0.554. The molecular formula is H2ArHeKrOXe. The smallest absolute Gasteiger partial charge is 0 e. The maximum Gasteiger partial charge on any atom is 0 e. The fourth-order valence-electron chi connectivity index (χ4n) is 0. The third-order valence-corrected chi connectivity index (χ3v) is 0. The van der Waals surface area contributed by atoms with Gasteiger partial charge < -0.3 is 5.48 Å². The van der Waals surface area contributed by atoms with E-state index in [1.54, 1.807) is 0 Å². The molecule has 0 aromatic heterocycles. The topological polar surface area (TPSA) is 31.5 Å². The first-order valence-corrected chi connectivity index (χ1v) is 0. The van der Waals surface area contributed by atoms with E-state index in [1.165, 1.54) is 0 Å². The van der Waals surface area contributed by atoms with Crippen LogP contribution in [0.2, 0.25) is 0 Å². The molecule has 1 nitrogen and oxygen atoms in total. The summed E-state index contributed by atoms with van der Waals surface area (Å²) >= 11 is 0. The van der Waals surface area contributed by atoms with Gasteiger partial charge in [0, 0.05) is 138 Å². The minimum Gasteiger partial charge on any atom is -0.412 e. The Morgan fingerprint density at radius 3 is 1.00 bits per heavy atom. The molecule has 0 radical (unpaired) electrons. The van der Waals surface area contributed by atoms with Crippen LogP contribution in [0.5, 0.6) is 0 Å². The Morgan fingerprint density at radius 2 is 1.00 bits per heavy atom. The predicted octanol–water partition coefficient (Wildman–Crippen LogP) is -0.825. The van der Waals surface area contributed by atoms with Crippen molar-refractivity contribution >= 4 is 0 Å². The molecule has 0 rings (SSSR count). The van der Waals surface area contributed by atoms with E-state index in [0.717, 1.165) is 0 Å². The largest absolute Gasteiger partial charge is 0.412 e. The van der Waals surface area contributed by atoms with E-state index in [0.29, 0.717) is 0 Å². The van der Waals surface area contributed by atoms with Crippen molar-refractivity contribution in [2.75, 3.05) is 0 Å². The van der Waals surface area contributed by atoms with Gasteiger partial charge in [0.15, 0.2) is 0 Å². The average Bonchev–Trinajstić information content (AvgIpc) is 0. The van der Waals surface area contributed by atoms with Gasteiger partial charge in [0.25, 0.3) is 0 Å². The summed E-state index contributed by atoms with van der Waals surface area (Å²) in [5.41, 5.74) is 0. The molecule has 5 heteroatoms. The van der Waals surface area contributed by atoms with Crippen LogP contribution in [0, 0.1) is 138 Å². The van der Waals surface area contributed by atoms with Gasteiger partial charge in [-0.3, -0.25) is 0 Å². The van der Waals surface area contributed by atoms with Crippen LogP contribution in [0.3, 0.4) is 0 Å². The maximum atomic E-state index is 0. The van der Waals surface area contributed by atoms with E-state index in [-0.39, 0.29) is 144 Å². The zero-order valence-corrected chi connectivity index (χ0v) is 6.48. The molecule has 2 N–H and O–H groups in total. The van der Waals surface area contributed by atoms with Gasteiger partial charge in [0.05, 0.1) is 0 Å². The van der Waals surface area contributed by atoms with Crippen LogP contribution < -0.4 is 0 Å². The van der Waals surface area contributed by atoms with E-state index >= 15 is 0 Å². The Balaban J connectivity index is 0. The summed E-state index contributed by atoms with van der Waals surface area (Å²) in [6.07, 6.45) is 0. The minimum atomic E-state index is 0. The van der Waals surface area contributed by atoms with Gasteiger partial charge in [-0.15, -0.1) is 0 Å². The fraction of sp³-hybridized carbons (Fsp3) is 0. The van der Waals surface area contributed by atoms with Crippen LogP contribution in [0.25, 0.3) is 0 Å². The van der Waals surface area contributed by atoms with Crippen molar-refractivity contribution in [3.8, 4) is 0 Å². The first kappa shape index (κ1) is 35.2. The van der Waals surface area contributed by atoms with E-state index < -0.39 is 0 Å². The second-order valence-electron chi connectivity index (χ2n) is 0. The first-order chi connectivity index (χ1) is 0. The van der Waals surface area contributed by atoms with Crippen molar-refractivity contribution in [3.63, 3.8) is 0 Å². The van der Waals surface area contributed by atoms with Crippen molar-refractivity contribution in [1.29, 1.82) is 0 Å². The Morgan fingerprint density at radius 1 is 1.00 bits per heavy atom. The van der Waals surface area contributed by atoms with Gasteiger partial charge in [-0.25, -0.2) is 0 Å². The molecule has 0 spiro atoms. The van der Waals surface area contributed by atoms with Gasteiger partial charge >= 0.3 is 0 Å². The molecule has 0 unspecified atom stereocenters. The molecule has 0 bridgehead atoms. The molecule has 0 aromatic carbocycles. The van der Waals surface area contributed by atoms with Crippen LogP contribution in [0.4, 0.5) is 0 Å². The van der Waals surface area contributed by atoms with Crippen molar-refractivity contribution in [2.24, 2.45) is 0 Å². The minimum absolute atomic E-state index is 0. The maximum absolute atomic E-state index is 0. The summed E-state index contributed by atoms with van der Waals surface area (Å²) in [6, 6.07) is 0. The van der Waals surface area contributed by atoms with E-state index in [1.807, 2.05) is 0 Å². The number of hydrogen-bond acceptors (Lipinski definition) is 0. The van der Waals surface area contributed by atoms with E-state index in [9.17, 15) is 0 Å². The van der Waals surface area contributed by atoms with Crippen LogP contribution in [0.1, 0.15) is 0 Å². The van der Waals surface area contributed by atoms with Crippen LogP contribution >= 0.6 is 0 Å². The summed E-state index contributed by atoms with van der Waals surface area (Å²) in [5.74, 6) is 0. The predicted molar refractivity (Wildman–Crippen MR) is 3.61 cm³/mol. The molecule has 0 aliphatic carbocycles. The zero-order chi connectivity index (χ0) is 0. The van der Waals surface area contributed by atoms with Crippen LogP contribution in [-0.2, 0) is 0 Å². The summed E-state index contributed by atoms with van der Waals surface area (Å²) < 4.78 is 0. The summed E-state index contributed by atoms with van der Waals surface area (Å²) in [6.45, 7) is 0. The van der Waals surface area contributed by atoms with Gasteiger partial charge in [0.2, 0.25) is 0 Å². The second kappa shape index (κ2) is 24.1. The van der Waals surface area contributed by atoms with Crippen LogP contribution in [0.15, 0.2) is 0 Å². The summed E-state index contributed by atoms with van der Waals surface area (Å²) in [5, 5.41) is 0. The molecule has 0 saturated heterocycles. The van der Waals surface area contributed by atoms with Crippen LogP contribution in [-0.4, -0.2) is 5.48 Å². The third kappa shape index (κ3) is 17.9. The summed E-state index contributed by atoms with van der Waals surface area (Å²) in [7, 11) is 0. The second-order valence-corrected chi connectivity index (χ2v) is 0. The van der Waals surface area contributed by atoms with Gasteiger partial charge in [-0.1, -0.05) is 0 Å². The Hall–Kier alpha value is 4.18.